The molecule has 0 radical (unpaired) electrons. The van der Waals surface area contributed by atoms with Gasteiger partial charge in [-0.1, -0.05) is 23.7 Å². The van der Waals surface area contributed by atoms with Gasteiger partial charge in [0.15, 0.2) is 0 Å². The van der Waals surface area contributed by atoms with Crippen LogP contribution in [0.3, 0.4) is 0 Å². The summed E-state index contributed by atoms with van der Waals surface area (Å²) < 4.78 is 2.25. The first-order chi connectivity index (χ1) is 12.7. The Bertz CT molecular complexity index is 935. The highest BCUT2D eigenvalue weighted by Crippen LogP contribution is 2.34. The Morgan fingerprint density at radius 2 is 2.23 bits per heavy atom. The molecule has 1 unspecified atom stereocenters. The lowest BCUT2D eigenvalue weighted by atomic mass is 10.0. The maximum Gasteiger partial charge on any atom is 0.0983 e. The molecule has 134 valence electrons. The second kappa shape index (κ2) is 7.23. The molecule has 0 fully saturated rings. The predicted molar refractivity (Wildman–Crippen MR) is 105 cm³/mol. The average molecular weight is 368 g/mol. The van der Waals surface area contributed by atoms with Crippen LogP contribution in [0.25, 0.3) is 10.9 Å². The maximum atomic E-state index is 10.7. The van der Waals surface area contributed by atoms with Crippen molar-refractivity contribution in [1.29, 1.82) is 0 Å². The Labute approximate surface area is 158 Å². The molecule has 1 N–H and O–H groups in total. The first-order valence-electron chi connectivity index (χ1n) is 8.88. The fourth-order valence-electron chi connectivity index (χ4n) is 3.88. The number of aliphatic hydroxyl groups excluding tert-OH is 1. The largest absolute Gasteiger partial charge is 0.386 e. The van der Waals surface area contributed by atoms with Gasteiger partial charge in [0.25, 0.3) is 0 Å². The Kier molecular flexibility index (Phi) is 4.81. The van der Waals surface area contributed by atoms with E-state index in [-0.39, 0.29) is 0 Å². The van der Waals surface area contributed by atoms with Gasteiger partial charge in [-0.05, 0) is 29.8 Å². The van der Waals surface area contributed by atoms with Crippen molar-refractivity contribution >= 4 is 22.5 Å². The standard InChI is InChI=1S/C21H22ClN3O/c1-2-9-24-10-7-20-18(13-24)17-11-16(22)5-6-19(17)25(20)14-21(26)15-4-3-8-23-12-15/h2-6,8,11-12,21,26H,1,7,9-10,13-14H2. The van der Waals surface area contributed by atoms with Crippen LogP contribution in [0.4, 0.5) is 0 Å². The van der Waals surface area contributed by atoms with Gasteiger partial charge in [0.05, 0.1) is 12.6 Å². The van der Waals surface area contributed by atoms with E-state index in [9.17, 15) is 5.11 Å². The number of fused-ring (bicyclic) bond motifs is 3. The van der Waals surface area contributed by atoms with Crippen LogP contribution in [-0.2, 0) is 19.5 Å². The van der Waals surface area contributed by atoms with Crippen molar-refractivity contribution in [1.82, 2.24) is 14.5 Å². The Balaban J connectivity index is 1.76. The maximum absolute atomic E-state index is 10.7. The quantitative estimate of drug-likeness (QED) is 0.694. The highest BCUT2D eigenvalue weighted by Gasteiger charge is 2.25. The summed E-state index contributed by atoms with van der Waals surface area (Å²) in [6, 6.07) is 9.79. The number of nitrogens with zero attached hydrogens (tertiary/aromatic N) is 3. The van der Waals surface area contributed by atoms with E-state index < -0.39 is 6.10 Å². The molecule has 0 bridgehead atoms. The van der Waals surface area contributed by atoms with E-state index in [1.54, 1.807) is 12.4 Å². The van der Waals surface area contributed by atoms with Crippen LogP contribution in [0.2, 0.25) is 5.02 Å². The normalized spacial score (nSPS) is 15.8. The van der Waals surface area contributed by atoms with Crippen LogP contribution >= 0.6 is 11.6 Å². The molecule has 4 rings (SSSR count). The molecule has 2 aromatic heterocycles. The van der Waals surface area contributed by atoms with Crippen molar-refractivity contribution in [3.63, 3.8) is 0 Å². The van der Waals surface area contributed by atoms with Gasteiger partial charge in [-0.2, -0.15) is 0 Å². The predicted octanol–water partition coefficient (Wildman–Crippen LogP) is 3.97. The number of hydrogen-bond donors (Lipinski definition) is 1. The number of hydrogen-bond acceptors (Lipinski definition) is 3. The van der Waals surface area contributed by atoms with E-state index in [1.807, 2.05) is 30.3 Å². The highest BCUT2D eigenvalue weighted by atomic mass is 35.5. The molecule has 5 heteroatoms. The number of aliphatic hydroxyl groups is 1. The van der Waals surface area contributed by atoms with Crippen LogP contribution in [0, 0.1) is 0 Å². The minimum Gasteiger partial charge on any atom is -0.386 e. The van der Waals surface area contributed by atoms with Crippen molar-refractivity contribution in [3.05, 3.63) is 77.2 Å². The minimum atomic E-state index is -0.592. The summed E-state index contributed by atoms with van der Waals surface area (Å²) in [6.45, 7) is 7.13. The molecule has 26 heavy (non-hydrogen) atoms. The highest BCUT2D eigenvalue weighted by molar-refractivity contribution is 6.31. The lowest BCUT2D eigenvalue weighted by Crippen LogP contribution is -2.31. The van der Waals surface area contributed by atoms with Crippen LogP contribution in [0.1, 0.15) is 22.9 Å². The fraction of sp³-hybridized carbons (Fsp3) is 0.286. The van der Waals surface area contributed by atoms with Crippen molar-refractivity contribution in [3.8, 4) is 0 Å². The molecule has 0 aliphatic carbocycles. The van der Waals surface area contributed by atoms with Gasteiger partial charge >= 0.3 is 0 Å². The van der Waals surface area contributed by atoms with Crippen LogP contribution < -0.4 is 0 Å². The number of aromatic nitrogens is 2. The smallest absolute Gasteiger partial charge is 0.0983 e. The number of rotatable bonds is 5. The molecule has 0 spiro atoms. The Hall–Kier alpha value is -2.14. The minimum absolute atomic E-state index is 0.515. The number of halogens is 1. The molecular formula is C21H22ClN3O. The fourth-order valence-corrected chi connectivity index (χ4v) is 4.05. The average Bonchev–Trinajstić information content (AvgIpc) is 2.95. The SMILES string of the molecule is C=CCN1CCc2c(c3cc(Cl)ccc3n2CC(O)c2cccnc2)C1. The molecule has 1 aromatic carbocycles. The molecule has 0 saturated carbocycles. The zero-order valence-electron chi connectivity index (χ0n) is 14.6. The third kappa shape index (κ3) is 3.16. The first-order valence-corrected chi connectivity index (χ1v) is 9.26. The van der Waals surface area contributed by atoms with Crippen LogP contribution in [-0.4, -0.2) is 32.6 Å². The molecule has 1 aliphatic rings. The second-order valence-electron chi connectivity index (χ2n) is 6.77. The molecule has 0 amide bonds. The zero-order valence-corrected chi connectivity index (χ0v) is 15.4. The molecule has 4 nitrogen and oxygen atoms in total. The van der Waals surface area contributed by atoms with Gasteiger partial charge in [-0.3, -0.25) is 9.88 Å². The van der Waals surface area contributed by atoms with Gasteiger partial charge in [-0.25, -0.2) is 0 Å². The van der Waals surface area contributed by atoms with Crippen molar-refractivity contribution in [2.45, 2.75) is 25.6 Å². The number of benzene rings is 1. The lowest BCUT2D eigenvalue weighted by molar-refractivity contribution is 0.155. The summed E-state index contributed by atoms with van der Waals surface area (Å²) in [5.41, 5.74) is 4.57. The summed E-state index contributed by atoms with van der Waals surface area (Å²) in [7, 11) is 0. The summed E-state index contributed by atoms with van der Waals surface area (Å²) in [5.74, 6) is 0. The van der Waals surface area contributed by atoms with E-state index in [2.05, 4.69) is 27.1 Å². The van der Waals surface area contributed by atoms with E-state index in [0.717, 1.165) is 42.2 Å². The summed E-state index contributed by atoms with van der Waals surface area (Å²) in [4.78, 5) is 6.51. The summed E-state index contributed by atoms with van der Waals surface area (Å²) in [6.07, 6.45) is 5.76. The molecule has 0 saturated heterocycles. The van der Waals surface area contributed by atoms with Gasteiger partial charge < -0.3 is 9.67 Å². The molecule has 3 heterocycles. The third-order valence-electron chi connectivity index (χ3n) is 5.11. The summed E-state index contributed by atoms with van der Waals surface area (Å²) in [5, 5.41) is 12.7. The monoisotopic (exact) mass is 367 g/mol. The van der Waals surface area contributed by atoms with Crippen LogP contribution in [0.15, 0.2) is 55.4 Å². The molecular weight excluding hydrogens is 346 g/mol. The molecule has 1 aliphatic heterocycles. The topological polar surface area (TPSA) is 41.3 Å². The van der Waals surface area contributed by atoms with E-state index in [4.69, 9.17) is 11.6 Å². The lowest BCUT2D eigenvalue weighted by Gasteiger charge is -2.27. The zero-order chi connectivity index (χ0) is 18.1. The number of pyridine rings is 1. The van der Waals surface area contributed by atoms with Gasteiger partial charge in [0, 0.05) is 65.6 Å². The van der Waals surface area contributed by atoms with E-state index in [0.29, 0.717) is 6.54 Å². The van der Waals surface area contributed by atoms with E-state index >= 15 is 0 Å². The van der Waals surface area contributed by atoms with Gasteiger partial charge in [-0.15, -0.1) is 6.58 Å². The molecule has 3 aromatic rings. The second-order valence-corrected chi connectivity index (χ2v) is 7.21. The van der Waals surface area contributed by atoms with Crippen LogP contribution in [0.5, 0.6) is 0 Å². The Morgan fingerprint density at radius 1 is 1.35 bits per heavy atom. The van der Waals surface area contributed by atoms with Gasteiger partial charge in [0.2, 0.25) is 0 Å². The molecule has 1 atom stereocenters. The summed E-state index contributed by atoms with van der Waals surface area (Å²) >= 11 is 6.27. The van der Waals surface area contributed by atoms with Crippen molar-refractivity contribution in [2.24, 2.45) is 0 Å². The first kappa shape index (κ1) is 17.3. The van der Waals surface area contributed by atoms with Crippen molar-refractivity contribution < 1.29 is 5.11 Å². The van der Waals surface area contributed by atoms with E-state index in [1.165, 1.54) is 16.6 Å². The Morgan fingerprint density at radius 3 is 3.00 bits per heavy atom. The van der Waals surface area contributed by atoms with Gasteiger partial charge in [0.1, 0.15) is 0 Å². The third-order valence-corrected chi connectivity index (χ3v) is 5.34. The van der Waals surface area contributed by atoms with Crippen molar-refractivity contribution in [2.75, 3.05) is 13.1 Å².